The first kappa shape index (κ1) is 24.2. The number of fused-ring (bicyclic) bond motifs is 1. The second-order valence-corrected chi connectivity index (χ2v) is 8.64. The van der Waals surface area contributed by atoms with Gasteiger partial charge in [0.05, 0.1) is 26.0 Å². The Balaban J connectivity index is 1.65. The number of hydrogen-bond donors (Lipinski definition) is 1. The fourth-order valence-corrected chi connectivity index (χ4v) is 4.02. The van der Waals surface area contributed by atoms with E-state index < -0.39 is 0 Å². The van der Waals surface area contributed by atoms with E-state index in [4.69, 9.17) is 24.0 Å². The van der Waals surface area contributed by atoms with Gasteiger partial charge in [0.15, 0.2) is 11.5 Å². The van der Waals surface area contributed by atoms with Gasteiger partial charge in [-0.1, -0.05) is 6.07 Å². The van der Waals surface area contributed by atoms with Crippen molar-refractivity contribution in [2.24, 2.45) is 5.10 Å². The zero-order valence-electron chi connectivity index (χ0n) is 20.5. The summed E-state index contributed by atoms with van der Waals surface area (Å²) in [6.45, 7) is 3.76. The molecule has 2 aliphatic heterocycles. The molecule has 186 valence electrons. The molecule has 0 bridgehead atoms. The zero-order valence-corrected chi connectivity index (χ0v) is 20.5. The van der Waals surface area contributed by atoms with E-state index in [1.54, 1.807) is 27.3 Å². The first-order valence-corrected chi connectivity index (χ1v) is 11.3. The number of likely N-dealkylation sites (N-methyl/N-ethyl adjacent to an activating group) is 1. The summed E-state index contributed by atoms with van der Waals surface area (Å²) in [6, 6.07) is 10.3. The SMILES string of the molecule is COc1ccc(C2=NN(C(=O)CN(C)C(=O)NC(C)C)C(c3ccc4c(c3)OCO4)C2)c(OC)c1. The highest BCUT2D eigenvalue weighted by atomic mass is 16.7. The van der Waals surface area contributed by atoms with Crippen molar-refractivity contribution in [3.8, 4) is 23.0 Å². The summed E-state index contributed by atoms with van der Waals surface area (Å²) < 4.78 is 21.9. The number of amides is 3. The van der Waals surface area contributed by atoms with E-state index in [0.29, 0.717) is 35.1 Å². The van der Waals surface area contributed by atoms with Gasteiger partial charge in [0.1, 0.15) is 18.0 Å². The molecular formula is C25H30N4O6. The highest BCUT2D eigenvalue weighted by Gasteiger charge is 2.35. The zero-order chi connectivity index (χ0) is 25.1. The summed E-state index contributed by atoms with van der Waals surface area (Å²) >= 11 is 0. The average molecular weight is 483 g/mol. The molecule has 2 aromatic carbocycles. The maximum absolute atomic E-state index is 13.4. The molecule has 2 aromatic rings. The molecule has 10 nitrogen and oxygen atoms in total. The van der Waals surface area contributed by atoms with Crippen molar-refractivity contribution in [3.05, 3.63) is 47.5 Å². The number of rotatable bonds is 7. The first-order valence-electron chi connectivity index (χ1n) is 11.3. The van der Waals surface area contributed by atoms with Gasteiger partial charge in [0, 0.05) is 31.1 Å². The number of benzene rings is 2. The molecule has 3 amide bonds. The van der Waals surface area contributed by atoms with Crippen molar-refractivity contribution in [1.29, 1.82) is 0 Å². The van der Waals surface area contributed by atoms with Crippen molar-refractivity contribution in [1.82, 2.24) is 15.2 Å². The van der Waals surface area contributed by atoms with Gasteiger partial charge in [-0.3, -0.25) is 4.79 Å². The Kier molecular flexibility index (Phi) is 6.99. The van der Waals surface area contributed by atoms with Gasteiger partial charge in [-0.25, -0.2) is 9.80 Å². The Bertz CT molecular complexity index is 1150. The third kappa shape index (κ3) is 5.11. The van der Waals surface area contributed by atoms with Crippen molar-refractivity contribution >= 4 is 17.6 Å². The van der Waals surface area contributed by atoms with Gasteiger partial charge in [0.25, 0.3) is 5.91 Å². The van der Waals surface area contributed by atoms with Crippen LogP contribution in [-0.4, -0.2) is 68.2 Å². The van der Waals surface area contributed by atoms with Crippen molar-refractivity contribution in [3.63, 3.8) is 0 Å². The first-order chi connectivity index (χ1) is 16.8. The van der Waals surface area contributed by atoms with Crippen LogP contribution in [0, 0.1) is 0 Å². The van der Waals surface area contributed by atoms with Crippen molar-refractivity contribution in [2.45, 2.75) is 32.4 Å². The Morgan fingerprint density at radius 2 is 1.91 bits per heavy atom. The molecule has 0 spiro atoms. The van der Waals surface area contributed by atoms with E-state index in [2.05, 4.69) is 5.32 Å². The molecule has 0 aliphatic carbocycles. The molecule has 1 atom stereocenters. The standard InChI is InChI=1S/C25H30N4O6/c1-15(2)26-25(31)28(3)13-24(30)29-20(16-6-9-21-23(10-16)35-14-34-21)12-19(27-29)18-8-7-17(32-4)11-22(18)33-5/h6-11,15,20H,12-14H2,1-5H3,(H,26,31). The van der Waals surface area contributed by atoms with E-state index in [-0.39, 0.29) is 37.4 Å². The summed E-state index contributed by atoms with van der Waals surface area (Å²) in [5, 5.41) is 8.93. The summed E-state index contributed by atoms with van der Waals surface area (Å²) in [7, 11) is 4.75. The molecule has 0 radical (unpaired) electrons. The lowest BCUT2D eigenvalue weighted by molar-refractivity contribution is -0.133. The smallest absolute Gasteiger partial charge is 0.317 e. The Hall–Kier alpha value is -3.95. The monoisotopic (exact) mass is 482 g/mol. The molecule has 2 heterocycles. The number of nitrogens with one attached hydrogen (secondary N) is 1. The predicted molar refractivity (Wildman–Crippen MR) is 129 cm³/mol. The van der Waals surface area contributed by atoms with Crippen LogP contribution in [0.15, 0.2) is 41.5 Å². The molecule has 0 saturated carbocycles. The van der Waals surface area contributed by atoms with Gasteiger partial charge >= 0.3 is 6.03 Å². The van der Waals surface area contributed by atoms with E-state index in [1.165, 1.54) is 9.91 Å². The molecule has 1 unspecified atom stereocenters. The lowest BCUT2D eigenvalue weighted by Crippen LogP contribution is -2.45. The van der Waals surface area contributed by atoms with Gasteiger partial charge in [-0.05, 0) is 43.7 Å². The van der Waals surface area contributed by atoms with Gasteiger partial charge in [-0.2, -0.15) is 5.10 Å². The fourth-order valence-electron chi connectivity index (χ4n) is 4.02. The number of nitrogens with zero attached hydrogens (tertiary/aromatic N) is 3. The summed E-state index contributed by atoms with van der Waals surface area (Å²) in [5.41, 5.74) is 2.30. The largest absolute Gasteiger partial charge is 0.497 e. The van der Waals surface area contributed by atoms with E-state index in [1.807, 2.05) is 44.2 Å². The second kappa shape index (κ2) is 10.1. The number of methoxy groups -OCH3 is 2. The topological polar surface area (TPSA) is 102 Å². The van der Waals surface area contributed by atoms with Crippen LogP contribution in [-0.2, 0) is 4.79 Å². The maximum Gasteiger partial charge on any atom is 0.317 e. The molecular weight excluding hydrogens is 452 g/mol. The molecule has 35 heavy (non-hydrogen) atoms. The minimum atomic E-state index is -0.389. The number of carbonyl (C=O) groups excluding carboxylic acids is 2. The third-order valence-electron chi connectivity index (χ3n) is 5.80. The van der Waals surface area contributed by atoms with Crippen LogP contribution in [0.2, 0.25) is 0 Å². The van der Waals surface area contributed by atoms with Crippen LogP contribution < -0.4 is 24.3 Å². The number of urea groups is 1. The molecule has 0 fully saturated rings. The molecule has 0 aromatic heterocycles. The number of hydrazone groups is 1. The number of carbonyl (C=O) groups is 2. The Labute approximate surface area is 204 Å². The number of hydrogen-bond acceptors (Lipinski definition) is 7. The lowest BCUT2D eigenvalue weighted by atomic mass is 9.97. The molecule has 4 rings (SSSR count). The lowest BCUT2D eigenvalue weighted by Gasteiger charge is -2.25. The quantitative estimate of drug-likeness (QED) is 0.651. The second-order valence-electron chi connectivity index (χ2n) is 8.64. The molecule has 10 heteroatoms. The highest BCUT2D eigenvalue weighted by molar-refractivity contribution is 6.05. The predicted octanol–water partition coefficient (Wildman–Crippen LogP) is 3.16. The van der Waals surface area contributed by atoms with Crippen LogP contribution in [0.4, 0.5) is 4.79 Å². The Morgan fingerprint density at radius 3 is 2.63 bits per heavy atom. The van der Waals surface area contributed by atoms with Gasteiger partial charge in [0.2, 0.25) is 6.79 Å². The normalized spacial score (nSPS) is 16.2. The average Bonchev–Trinajstić information content (AvgIpc) is 3.50. The summed E-state index contributed by atoms with van der Waals surface area (Å²) in [6.07, 6.45) is 0.454. The van der Waals surface area contributed by atoms with Crippen LogP contribution in [0.1, 0.15) is 37.4 Å². The molecule has 1 N–H and O–H groups in total. The molecule has 0 saturated heterocycles. The van der Waals surface area contributed by atoms with Crippen LogP contribution in [0.5, 0.6) is 23.0 Å². The van der Waals surface area contributed by atoms with E-state index >= 15 is 0 Å². The molecule has 2 aliphatic rings. The maximum atomic E-state index is 13.4. The van der Waals surface area contributed by atoms with Gasteiger partial charge in [-0.15, -0.1) is 0 Å². The fraction of sp³-hybridized carbons (Fsp3) is 0.400. The van der Waals surface area contributed by atoms with Crippen molar-refractivity contribution in [2.75, 3.05) is 34.6 Å². The summed E-state index contributed by atoms with van der Waals surface area (Å²) in [4.78, 5) is 27.1. The Morgan fingerprint density at radius 1 is 1.14 bits per heavy atom. The van der Waals surface area contributed by atoms with Crippen molar-refractivity contribution < 1.29 is 28.5 Å². The minimum absolute atomic E-state index is 0.0413. The highest BCUT2D eigenvalue weighted by Crippen LogP contribution is 2.40. The third-order valence-corrected chi connectivity index (χ3v) is 5.80. The van der Waals surface area contributed by atoms with E-state index in [9.17, 15) is 9.59 Å². The van der Waals surface area contributed by atoms with Crippen LogP contribution in [0.3, 0.4) is 0 Å². The van der Waals surface area contributed by atoms with E-state index in [0.717, 1.165) is 11.1 Å². The van der Waals surface area contributed by atoms with Crippen LogP contribution >= 0.6 is 0 Å². The van der Waals surface area contributed by atoms with Crippen LogP contribution in [0.25, 0.3) is 0 Å². The van der Waals surface area contributed by atoms with Gasteiger partial charge < -0.3 is 29.2 Å². The summed E-state index contributed by atoms with van der Waals surface area (Å²) in [5.74, 6) is 2.22. The minimum Gasteiger partial charge on any atom is -0.497 e. The number of ether oxygens (including phenoxy) is 4.